The zero-order chi connectivity index (χ0) is 18.9. The molecule has 1 unspecified atom stereocenters. The average molecular weight is 374 g/mol. The first-order valence-electron chi connectivity index (χ1n) is 8.77. The third kappa shape index (κ3) is 6.15. The number of nitrogens with one attached hydrogen (secondary N) is 3. The Morgan fingerprint density at radius 2 is 2.08 bits per heavy atom. The maximum atomic E-state index is 12.2. The van der Waals surface area contributed by atoms with E-state index in [9.17, 15) is 4.79 Å². The largest absolute Gasteiger partial charge is 0.352 e. The number of benzene rings is 1. The van der Waals surface area contributed by atoms with Gasteiger partial charge in [0.05, 0.1) is 6.54 Å². The fourth-order valence-electron chi connectivity index (χ4n) is 2.28. The Balaban J connectivity index is 1.89. The molecule has 2 aromatic rings. The minimum absolute atomic E-state index is 0.0390. The molecule has 0 radical (unpaired) electrons. The molecule has 0 saturated heterocycles. The summed E-state index contributed by atoms with van der Waals surface area (Å²) >= 11 is 1.67. The van der Waals surface area contributed by atoms with Crippen LogP contribution in [0.5, 0.6) is 0 Å². The van der Waals surface area contributed by atoms with Crippen molar-refractivity contribution in [3.63, 3.8) is 0 Å². The summed E-state index contributed by atoms with van der Waals surface area (Å²) < 4.78 is 0. The van der Waals surface area contributed by atoms with Gasteiger partial charge >= 0.3 is 0 Å². The average Bonchev–Trinajstić information content (AvgIpc) is 3.07. The number of aromatic nitrogens is 1. The van der Waals surface area contributed by atoms with Crippen molar-refractivity contribution in [2.24, 2.45) is 4.99 Å². The van der Waals surface area contributed by atoms with Crippen LogP contribution in [0.2, 0.25) is 0 Å². The second-order valence-corrected chi connectivity index (χ2v) is 7.45. The van der Waals surface area contributed by atoms with Gasteiger partial charge in [-0.1, -0.05) is 19.1 Å². The topological polar surface area (TPSA) is 78.4 Å². The summed E-state index contributed by atoms with van der Waals surface area (Å²) in [6.45, 7) is 7.31. The summed E-state index contributed by atoms with van der Waals surface area (Å²) in [5.41, 5.74) is 1.70. The van der Waals surface area contributed by atoms with E-state index in [1.54, 1.807) is 18.4 Å². The lowest BCUT2D eigenvalue weighted by molar-refractivity contribution is 0.0939. The van der Waals surface area contributed by atoms with Crippen molar-refractivity contribution < 1.29 is 4.79 Å². The standard InChI is InChI=1S/C19H27N5OS/c1-5-13(2)24-18(25)16-8-6-7-15(9-16)11-22-19(20-4)23-12-17-21-10-14(3)26-17/h6-10,13H,5,11-12H2,1-4H3,(H,24,25)(H2,20,22,23). The maximum absolute atomic E-state index is 12.2. The van der Waals surface area contributed by atoms with E-state index >= 15 is 0 Å². The van der Waals surface area contributed by atoms with Crippen LogP contribution in [0.25, 0.3) is 0 Å². The van der Waals surface area contributed by atoms with Gasteiger partial charge in [-0.2, -0.15) is 0 Å². The highest BCUT2D eigenvalue weighted by molar-refractivity contribution is 7.11. The molecule has 2 rings (SSSR count). The zero-order valence-corrected chi connectivity index (χ0v) is 16.6. The Bertz CT molecular complexity index is 756. The number of rotatable bonds is 7. The molecule has 6 nitrogen and oxygen atoms in total. The monoisotopic (exact) mass is 373 g/mol. The number of carbonyl (C=O) groups excluding carboxylic acids is 1. The van der Waals surface area contributed by atoms with Crippen molar-refractivity contribution in [2.75, 3.05) is 7.05 Å². The molecule has 0 aliphatic heterocycles. The van der Waals surface area contributed by atoms with Gasteiger partial charge in [-0.25, -0.2) is 4.98 Å². The number of hydrogen-bond acceptors (Lipinski definition) is 4. The third-order valence-electron chi connectivity index (χ3n) is 3.94. The highest BCUT2D eigenvalue weighted by Crippen LogP contribution is 2.10. The lowest BCUT2D eigenvalue weighted by Crippen LogP contribution is -2.36. The minimum Gasteiger partial charge on any atom is -0.352 e. The van der Waals surface area contributed by atoms with Gasteiger partial charge in [0.15, 0.2) is 5.96 Å². The molecule has 0 aliphatic carbocycles. The van der Waals surface area contributed by atoms with E-state index in [2.05, 4.69) is 32.9 Å². The Hall–Kier alpha value is -2.41. The van der Waals surface area contributed by atoms with E-state index in [0.717, 1.165) is 17.0 Å². The number of nitrogens with zero attached hydrogens (tertiary/aromatic N) is 2. The van der Waals surface area contributed by atoms with Gasteiger partial charge in [0.1, 0.15) is 5.01 Å². The molecule has 1 aromatic carbocycles. The van der Waals surface area contributed by atoms with Gasteiger partial charge in [0.2, 0.25) is 0 Å². The van der Waals surface area contributed by atoms with Gasteiger partial charge in [0, 0.05) is 36.3 Å². The van der Waals surface area contributed by atoms with Crippen LogP contribution < -0.4 is 16.0 Å². The molecule has 1 heterocycles. The van der Waals surface area contributed by atoms with E-state index < -0.39 is 0 Å². The number of guanidine groups is 1. The first kappa shape index (κ1) is 19.9. The molecule has 1 amide bonds. The van der Waals surface area contributed by atoms with Crippen molar-refractivity contribution in [1.29, 1.82) is 0 Å². The number of hydrogen-bond donors (Lipinski definition) is 3. The van der Waals surface area contributed by atoms with Crippen molar-refractivity contribution in [3.05, 3.63) is 51.5 Å². The summed E-state index contributed by atoms with van der Waals surface area (Å²) in [6, 6.07) is 7.80. The number of aryl methyl sites for hydroxylation is 1. The number of carbonyl (C=O) groups is 1. The Labute approximate surface area is 159 Å². The molecule has 0 spiro atoms. The zero-order valence-electron chi connectivity index (χ0n) is 15.8. The van der Waals surface area contributed by atoms with Crippen molar-refractivity contribution >= 4 is 23.2 Å². The molecular weight excluding hydrogens is 346 g/mol. The number of amides is 1. The SMILES string of the molecule is CCC(C)NC(=O)c1cccc(CNC(=NC)NCc2ncc(C)s2)c1. The van der Waals surface area contributed by atoms with Crippen LogP contribution in [0.3, 0.4) is 0 Å². The summed E-state index contributed by atoms with van der Waals surface area (Å²) in [4.78, 5) is 22.0. The van der Waals surface area contributed by atoms with Crippen molar-refractivity contribution in [3.8, 4) is 0 Å². The van der Waals surface area contributed by atoms with E-state index in [1.807, 2.05) is 44.3 Å². The van der Waals surface area contributed by atoms with Crippen LogP contribution >= 0.6 is 11.3 Å². The highest BCUT2D eigenvalue weighted by atomic mass is 32.1. The number of thiazole rings is 1. The Kier molecular flexibility index (Phi) is 7.59. The van der Waals surface area contributed by atoms with Gasteiger partial charge in [0.25, 0.3) is 5.91 Å². The fourth-order valence-corrected chi connectivity index (χ4v) is 3.01. The van der Waals surface area contributed by atoms with Crippen LogP contribution in [0.4, 0.5) is 0 Å². The summed E-state index contributed by atoms with van der Waals surface area (Å²) in [5.74, 6) is 0.662. The predicted molar refractivity (Wildman–Crippen MR) is 108 cm³/mol. The van der Waals surface area contributed by atoms with Crippen molar-refractivity contribution in [2.45, 2.75) is 46.3 Å². The Morgan fingerprint density at radius 1 is 1.31 bits per heavy atom. The lowest BCUT2D eigenvalue weighted by Gasteiger charge is -2.13. The lowest BCUT2D eigenvalue weighted by atomic mass is 10.1. The van der Waals surface area contributed by atoms with Crippen LogP contribution in [-0.4, -0.2) is 29.9 Å². The molecule has 26 heavy (non-hydrogen) atoms. The number of aliphatic imine (C=N–C) groups is 1. The minimum atomic E-state index is -0.0390. The van der Waals surface area contributed by atoms with Gasteiger partial charge < -0.3 is 16.0 Å². The van der Waals surface area contributed by atoms with Crippen LogP contribution in [0, 0.1) is 6.92 Å². The Morgan fingerprint density at radius 3 is 2.73 bits per heavy atom. The summed E-state index contributed by atoms with van der Waals surface area (Å²) in [5, 5.41) is 10.5. The molecule has 3 N–H and O–H groups in total. The summed E-state index contributed by atoms with van der Waals surface area (Å²) in [6.07, 6.45) is 2.78. The second kappa shape index (κ2) is 9.91. The van der Waals surface area contributed by atoms with E-state index in [4.69, 9.17) is 0 Å². The fraction of sp³-hybridized carbons (Fsp3) is 0.421. The molecular formula is C19H27N5OS. The first-order chi connectivity index (χ1) is 12.5. The maximum Gasteiger partial charge on any atom is 0.251 e. The van der Waals surface area contributed by atoms with E-state index in [-0.39, 0.29) is 11.9 Å². The predicted octanol–water partition coefficient (Wildman–Crippen LogP) is 2.85. The van der Waals surface area contributed by atoms with Gasteiger partial charge in [-0.05, 0) is 38.0 Å². The third-order valence-corrected chi connectivity index (χ3v) is 4.85. The normalized spacial score (nSPS) is 12.5. The quantitative estimate of drug-likeness (QED) is 0.515. The highest BCUT2D eigenvalue weighted by Gasteiger charge is 2.09. The molecule has 140 valence electrons. The van der Waals surface area contributed by atoms with Gasteiger partial charge in [-0.3, -0.25) is 9.79 Å². The smallest absolute Gasteiger partial charge is 0.251 e. The first-order valence-corrected chi connectivity index (χ1v) is 9.59. The molecule has 0 fully saturated rings. The molecule has 0 saturated carbocycles. The van der Waals surface area contributed by atoms with Crippen LogP contribution in [-0.2, 0) is 13.1 Å². The van der Waals surface area contributed by atoms with Crippen LogP contribution in [0.15, 0.2) is 35.5 Å². The van der Waals surface area contributed by atoms with Crippen LogP contribution in [0.1, 0.15) is 46.1 Å². The van der Waals surface area contributed by atoms with E-state index in [1.165, 1.54) is 4.88 Å². The second-order valence-electron chi connectivity index (χ2n) is 6.13. The molecule has 0 bridgehead atoms. The molecule has 0 aliphatic rings. The van der Waals surface area contributed by atoms with Crippen molar-refractivity contribution in [1.82, 2.24) is 20.9 Å². The molecule has 1 aromatic heterocycles. The molecule has 1 atom stereocenters. The molecule has 7 heteroatoms. The van der Waals surface area contributed by atoms with Gasteiger partial charge in [-0.15, -0.1) is 11.3 Å². The van der Waals surface area contributed by atoms with E-state index in [0.29, 0.717) is 24.6 Å². The summed E-state index contributed by atoms with van der Waals surface area (Å²) in [7, 11) is 1.73.